The third-order valence-corrected chi connectivity index (χ3v) is 24.5. The van der Waals surface area contributed by atoms with Crippen LogP contribution in [0.1, 0.15) is 255 Å². The minimum atomic E-state index is -3.63. The van der Waals surface area contributed by atoms with Gasteiger partial charge in [0.25, 0.3) is 0 Å². The van der Waals surface area contributed by atoms with Gasteiger partial charge >= 0.3 is 12.3 Å². The molecule has 7 aromatic carbocycles. The van der Waals surface area contributed by atoms with Gasteiger partial charge in [-0.15, -0.1) is 20.1 Å². The Bertz CT molecular complexity index is 5910. The van der Waals surface area contributed by atoms with E-state index in [1.165, 1.54) is 95.5 Å². The Kier molecular flexibility index (Phi) is 28.7. The largest absolute Gasteiger partial charge is 0.586 e. The number of fused-ring (bicyclic) bond motifs is 7. The van der Waals surface area contributed by atoms with E-state index in [4.69, 9.17) is 0 Å². The number of hydrogen-bond acceptors (Lipinski definition) is 11. The molecule has 22 heteroatoms. The van der Waals surface area contributed by atoms with Gasteiger partial charge in [-0.3, -0.25) is 14.5 Å². The predicted molar refractivity (Wildman–Crippen MR) is 497 cm³/mol. The van der Waals surface area contributed by atoms with E-state index in [0.29, 0.717) is 53.2 Å². The minimum absolute atomic E-state index is 0.0543. The smallest absolute Gasteiger partial charge is 0.395 e. The van der Waals surface area contributed by atoms with E-state index in [9.17, 15) is 23.2 Å². The van der Waals surface area contributed by atoms with Crippen LogP contribution in [-0.2, 0) is 61.6 Å². The second kappa shape index (κ2) is 38.9. The maximum Gasteiger partial charge on any atom is 0.586 e. The van der Waals surface area contributed by atoms with Crippen LogP contribution < -0.4 is 24.2 Å². The molecular weight excluding hydrogens is 1560 g/mol. The van der Waals surface area contributed by atoms with Crippen molar-refractivity contribution in [2.45, 2.75) is 231 Å². The van der Waals surface area contributed by atoms with Gasteiger partial charge in [-0.25, -0.2) is 29.7 Å². The van der Waals surface area contributed by atoms with Gasteiger partial charge in [-0.1, -0.05) is 171 Å². The number of aromatic nitrogens is 10. The van der Waals surface area contributed by atoms with Crippen molar-refractivity contribution in [3.63, 3.8) is 0 Å². The number of alkyl halides is 2. The topological polar surface area (TPSA) is 172 Å². The summed E-state index contributed by atoms with van der Waals surface area (Å²) in [5.41, 5.74) is 29.6. The van der Waals surface area contributed by atoms with Crippen molar-refractivity contribution in [2.75, 3.05) is 48.9 Å². The highest BCUT2D eigenvalue weighted by Gasteiger charge is 2.46. The highest BCUT2D eigenvalue weighted by Crippen LogP contribution is 2.49. The average molecular weight is 1680 g/mol. The van der Waals surface area contributed by atoms with Crippen molar-refractivity contribution in [1.82, 2.24) is 52.7 Å². The molecular formula is C101H124F2N14O5S. The third kappa shape index (κ3) is 20.4. The first-order valence-corrected chi connectivity index (χ1v) is 44.4. The Morgan fingerprint density at radius 1 is 0.480 bits per heavy atom. The van der Waals surface area contributed by atoms with E-state index in [1.807, 2.05) is 69.9 Å². The number of imidazole rings is 5. The molecule has 1 aliphatic carbocycles. The molecule has 0 radical (unpaired) electrons. The number of ether oxygens (including phenoxy) is 2. The molecule has 648 valence electrons. The van der Waals surface area contributed by atoms with Crippen LogP contribution in [0.25, 0.3) is 43.9 Å². The molecule has 0 saturated carbocycles. The van der Waals surface area contributed by atoms with Crippen LogP contribution in [-0.4, -0.2) is 111 Å². The van der Waals surface area contributed by atoms with Gasteiger partial charge < -0.3 is 47.0 Å². The number of hydrogen-bond donors (Lipinski definition) is 0. The Morgan fingerprint density at radius 2 is 0.951 bits per heavy atom. The van der Waals surface area contributed by atoms with Crippen LogP contribution in [0.3, 0.4) is 0 Å². The summed E-state index contributed by atoms with van der Waals surface area (Å²) in [6.07, 6.45) is 21.7. The quantitative estimate of drug-likeness (QED) is 0.108. The third-order valence-electron chi connectivity index (χ3n) is 23.6. The molecule has 18 rings (SSSR count). The summed E-state index contributed by atoms with van der Waals surface area (Å²) < 4.78 is 47.6. The fourth-order valence-electron chi connectivity index (χ4n) is 16.4. The molecule has 6 aromatic heterocycles. The molecule has 10 heterocycles. The lowest BCUT2D eigenvalue weighted by atomic mass is 9.80. The Morgan fingerprint density at radius 3 is 1.48 bits per heavy atom. The number of aryl methyl sites for hydroxylation is 6. The number of nitrogens with zero attached hydrogens (tertiary/aromatic N) is 14. The van der Waals surface area contributed by atoms with Crippen LogP contribution in [0.2, 0.25) is 0 Å². The van der Waals surface area contributed by atoms with Crippen molar-refractivity contribution in [1.29, 1.82) is 0 Å². The maximum absolute atomic E-state index is 13.4. The van der Waals surface area contributed by atoms with Crippen molar-refractivity contribution in [2.24, 2.45) is 7.05 Å². The Balaban J connectivity index is 0.000000131. The number of likely N-dealkylation sites (N-methyl/N-ethyl adjacent to an activating group) is 1. The molecule has 0 saturated heterocycles. The van der Waals surface area contributed by atoms with Gasteiger partial charge in [-0.2, -0.15) is 0 Å². The fraction of sp³-hybridized carbons (Fsp3) is 0.406. The molecule has 0 N–H and O–H groups in total. The molecule has 5 aliphatic rings. The Hall–Kier alpha value is -11.5. The molecule has 4 amide bonds. The number of carbonyl (C=O) groups excluding carboxylic acids is 3. The van der Waals surface area contributed by atoms with Gasteiger partial charge in [0.15, 0.2) is 11.5 Å². The summed E-state index contributed by atoms with van der Waals surface area (Å²) in [6.45, 7) is 41.8. The minimum Gasteiger partial charge on any atom is -0.395 e. The number of urea groups is 1. The zero-order valence-electron chi connectivity index (χ0n) is 76.2. The first kappa shape index (κ1) is 90.7. The summed E-state index contributed by atoms with van der Waals surface area (Å²) in [5.74, 6) is 3.84. The molecule has 0 atom stereocenters. The number of benzene rings is 7. The van der Waals surface area contributed by atoms with Gasteiger partial charge in [0.2, 0.25) is 11.8 Å². The second-order valence-corrected chi connectivity index (χ2v) is 35.9. The van der Waals surface area contributed by atoms with Gasteiger partial charge in [0.05, 0.1) is 88.1 Å². The van der Waals surface area contributed by atoms with Crippen molar-refractivity contribution >= 4 is 67.4 Å². The SMILES string of the molecule is CC(=O)N1CCc2cc(C(C)C)ccc21.CC(C)c1ccc2c(c1)CC(=O)N2C.CC(C)c1ccc2c(c1)CCCN2C(=O)N(C)C.CCc1cn(-c2ccc(C(C)C)c3c2CC3)cn1.CCc1cn(-c2ccc(C(C)C)c3c2ncn3C)cn1.Cc1cn(-c2ccc(C(C)C)c3c2OC(F)(F)O3)cn1.Cc1cn(-c2ccc(C(C)C)c3ccsc23)cn1. The first-order valence-electron chi connectivity index (χ1n) is 43.6. The molecule has 13 aromatic rings. The van der Waals surface area contributed by atoms with Crippen LogP contribution in [0.15, 0.2) is 171 Å². The monoisotopic (exact) mass is 1680 g/mol. The molecule has 123 heavy (non-hydrogen) atoms. The van der Waals surface area contributed by atoms with E-state index < -0.39 is 6.29 Å². The van der Waals surface area contributed by atoms with Crippen LogP contribution in [0, 0.1) is 13.8 Å². The van der Waals surface area contributed by atoms with Gasteiger partial charge in [-0.05, 0) is 221 Å². The number of anilines is 3. The van der Waals surface area contributed by atoms with Crippen molar-refractivity contribution in [3.8, 4) is 34.2 Å². The zero-order chi connectivity index (χ0) is 88.7. The summed E-state index contributed by atoms with van der Waals surface area (Å²) in [5, 5.41) is 3.54. The lowest BCUT2D eigenvalue weighted by molar-refractivity contribution is -0.287. The normalized spacial score (nSPS) is 13.8. The van der Waals surface area contributed by atoms with E-state index in [-0.39, 0.29) is 35.3 Å². The number of thiophene rings is 1. The number of halogens is 2. The van der Waals surface area contributed by atoms with E-state index in [2.05, 4.69) is 278 Å². The molecule has 19 nitrogen and oxygen atoms in total. The highest BCUT2D eigenvalue weighted by atomic mass is 32.1. The molecule has 0 fully saturated rings. The van der Waals surface area contributed by atoms with Crippen LogP contribution >= 0.6 is 11.3 Å². The average Bonchev–Trinajstić information content (AvgIpc) is 1.72. The lowest BCUT2D eigenvalue weighted by Crippen LogP contribution is -2.42. The number of amides is 4. The first-order chi connectivity index (χ1) is 58.5. The Labute approximate surface area is 729 Å². The van der Waals surface area contributed by atoms with E-state index in [0.717, 1.165) is 96.2 Å². The fourth-order valence-corrected chi connectivity index (χ4v) is 17.3. The summed E-state index contributed by atoms with van der Waals surface area (Å²) in [7, 11) is 7.50. The van der Waals surface area contributed by atoms with Gasteiger partial charge in [0, 0.05) is 101 Å². The summed E-state index contributed by atoms with van der Waals surface area (Å²) in [4.78, 5) is 63.9. The predicted octanol–water partition coefficient (Wildman–Crippen LogP) is 23.5. The summed E-state index contributed by atoms with van der Waals surface area (Å²) >= 11 is 1.80. The van der Waals surface area contributed by atoms with E-state index in [1.54, 1.807) is 76.9 Å². The van der Waals surface area contributed by atoms with Crippen LogP contribution in [0.4, 0.5) is 30.6 Å². The molecule has 4 aliphatic heterocycles. The second-order valence-electron chi connectivity index (χ2n) is 35.0. The van der Waals surface area contributed by atoms with Crippen molar-refractivity contribution < 1.29 is 32.6 Å². The molecule has 0 bridgehead atoms. The standard InChI is InChI=1S/C16H20N4.C16H20N2.C15H22N2O.C15H16N2S.C14H14F2N2O2.C13H17NO.C12H15NO/c1-5-12-8-20(10-17-12)14-7-6-13(11(2)3)16-15(14)18-9-19(16)4;1-4-12-9-18(10-17-12)16-8-7-13(11(2)3)14-5-6-15(14)16;1-11(2)12-7-8-14-13(10-12)6-5-9-17(14)15(18)16(3)4;1-10(2)12-4-5-14(15-13(12)6-7-18-15)17-8-11(3)16-9-17;1-8(2)10-4-5-11(18-6-9(3)17-7-18)13-12(10)19-14(15,16)20-13;1-9(2)11-4-5-13-12(8-11)6-7-14(13)10(3)15;1-8(2)9-4-5-11-10(6-9)7-12(14)13(11)3/h6-11H,5H2,1-4H3;7-11H,4-6H2,1-3H3;7-8,10-11H,5-6,9H2,1-4H3;4-10H,1-3H3;4-8H,1-3H3;4-5,8-9H,6-7H2,1-3H3;4-6,8H,7H2,1-3H3. The van der Waals surface area contributed by atoms with Crippen LogP contribution in [0.5, 0.6) is 11.5 Å². The summed E-state index contributed by atoms with van der Waals surface area (Å²) in [6, 6.07) is 38.4. The number of rotatable bonds is 13. The molecule has 0 unspecified atom stereocenters. The zero-order valence-corrected chi connectivity index (χ0v) is 77.1. The number of carbonyl (C=O) groups is 3. The lowest BCUT2D eigenvalue weighted by Gasteiger charge is -2.32. The van der Waals surface area contributed by atoms with E-state index >= 15 is 0 Å². The van der Waals surface area contributed by atoms with Gasteiger partial charge in [0.1, 0.15) is 5.52 Å². The highest BCUT2D eigenvalue weighted by molar-refractivity contribution is 7.17. The van der Waals surface area contributed by atoms with Crippen molar-refractivity contribution in [3.05, 3.63) is 261 Å². The molecule has 0 spiro atoms. The maximum atomic E-state index is 13.4.